The number of hydrogen-bond donors (Lipinski definition) is 2. The average molecular weight is 271 g/mol. The maximum absolute atomic E-state index is 12.0. The van der Waals surface area contributed by atoms with Gasteiger partial charge < -0.3 is 20.2 Å². The van der Waals surface area contributed by atoms with Gasteiger partial charge in [0.25, 0.3) is 0 Å². The molecule has 0 spiro atoms. The molecule has 1 saturated heterocycles. The zero-order chi connectivity index (χ0) is 14.4. The lowest BCUT2D eigenvalue weighted by molar-refractivity contribution is -0.137. The fourth-order valence-corrected chi connectivity index (χ4v) is 2.41. The summed E-state index contributed by atoms with van der Waals surface area (Å²) < 4.78 is 0. The number of carboxylic acid groups (broad SMARTS) is 1. The van der Waals surface area contributed by atoms with Gasteiger partial charge in [0.2, 0.25) is 0 Å². The third-order valence-corrected chi connectivity index (χ3v) is 3.65. The highest BCUT2D eigenvalue weighted by atomic mass is 16.4. The van der Waals surface area contributed by atoms with Crippen molar-refractivity contribution in [2.24, 2.45) is 5.92 Å². The van der Waals surface area contributed by atoms with Crippen molar-refractivity contribution in [1.29, 1.82) is 0 Å². The number of nitrogens with one attached hydrogen (secondary N) is 1. The molecule has 1 rings (SSSR count). The number of carbonyl (C=O) groups excluding carboxylic acids is 1. The van der Waals surface area contributed by atoms with Gasteiger partial charge in [-0.15, -0.1) is 0 Å². The van der Waals surface area contributed by atoms with E-state index in [1.54, 1.807) is 11.9 Å². The van der Waals surface area contributed by atoms with Crippen molar-refractivity contribution in [2.75, 3.05) is 33.7 Å². The standard InChI is InChI=1S/C13H25N3O3/c1-10-9-15(2)8-6-11(10)14-13(19)16(3)7-4-5-12(17)18/h10-11H,4-9H2,1-3H3,(H,14,19)(H,17,18). The molecule has 1 fully saturated rings. The van der Waals surface area contributed by atoms with E-state index in [9.17, 15) is 9.59 Å². The maximum Gasteiger partial charge on any atom is 0.317 e. The minimum atomic E-state index is -0.822. The van der Waals surface area contributed by atoms with Crippen LogP contribution < -0.4 is 5.32 Å². The molecule has 0 aliphatic carbocycles. The molecular formula is C13H25N3O3. The third-order valence-electron chi connectivity index (χ3n) is 3.65. The minimum Gasteiger partial charge on any atom is -0.481 e. The Morgan fingerprint density at radius 2 is 2.16 bits per heavy atom. The van der Waals surface area contributed by atoms with Crippen LogP contribution in [0.25, 0.3) is 0 Å². The van der Waals surface area contributed by atoms with Gasteiger partial charge in [-0.25, -0.2) is 4.79 Å². The van der Waals surface area contributed by atoms with Crippen molar-refractivity contribution in [3.05, 3.63) is 0 Å². The molecule has 0 aromatic rings. The zero-order valence-electron chi connectivity index (χ0n) is 12.1. The number of likely N-dealkylation sites (tertiary alicyclic amines) is 1. The lowest BCUT2D eigenvalue weighted by Gasteiger charge is -2.36. The molecule has 1 heterocycles. The van der Waals surface area contributed by atoms with Crippen molar-refractivity contribution in [1.82, 2.24) is 15.1 Å². The van der Waals surface area contributed by atoms with Crippen LogP contribution in [0.5, 0.6) is 0 Å². The number of carbonyl (C=O) groups is 2. The number of nitrogens with zero attached hydrogens (tertiary/aromatic N) is 2. The van der Waals surface area contributed by atoms with Gasteiger partial charge in [-0.05, 0) is 32.4 Å². The molecule has 1 aliphatic heterocycles. The van der Waals surface area contributed by atoms with Crippen LogP contribution in [0.3, 0.4) is 0 Å². The minimum absolute atomic E-state index is 0.0995. The Bertz CT molecular complexity index is 322. The van der Waals surface area contributed by atoms with E-state index >= 15 is 0 Å². The molecule has 0 radical (unpaired) electrons. The second kappa shape index (κ2) is 7.33. The van der Waals surface area contributed by atoms with Crippen LogP contribution in [0.4, 0.5) is 4.79 Å². The van der Waals surface area contributed by atoms with Gasteiger partial charge in [0.15, 0.2) is 0 Å². The number of rotatable bonds is 5. The van der Waals surface area contributed by atoms with Crippen molar-refractivity contribution < 1.29 is 14.7 Å². The molecule has 19 heavy (non-hydrogen) atoms. The summed E-state index contributed by atoms with van der Waals surface area (Å²) in [5, 5.41) is 11.6. The first-order valence-corrected chi connectivity index (χ1v) is 6.82. The first kappa shape index (κ1) is 15.8. The number of carboxylic acids is 1. The molecule has 6 nitrogen and oxygen atoms in total. The van der Waals surface area contributed by atoms with Gasteiger partial charge >= 0.3 is 12.0 Å². The Kier molecular flexibility index (Phi) is 6.08. The van der Waals surface area contributed by atoms with Gasteiger partial charge in [-0.1, -0.05) is 6.92 Å². The molecule has 0 saturated carbocycles. The van der Waals surface area contributed by atoms with Crippen molar-refractivity contribution in [3.8, 4) is 0 Å². The first-order chi connectivity index (χ1) is 8.90. The van der Waals surface area contributed by atoms with Crippen molar-refractivity contribution >= 4 is 12.0 Å². The van der Waals surface area contributed by atoms with E-state index in [0.717, 1.165) is 19.5 Å². The molecule has 2 atom stereocenters. The SMILES string of the molecule is CC1CN(C)CCC1NC(=O)N(C)CCCC(=O)O. The third kappa shape index (κ3) is 5.46. The fourth-order valence-electron chi connectivity index (χ4n) is 2.41. The normalized spacial score (nSPS) is 23.9. The van der Waals surface area contributed by atoms with Gasteiger partial charge in [0.1, 0.15) is 0 Å². The number of piperidine rings is 1. The second-order valence-electron chi connectivity index (χ2n) is 5.50. The Hall–Kier alpha value is -1.30. The highest BCUT2D eigenvalue weighted by Gasteiger charge is 2.26. The summed E-state index contributed by atoms with van der Waals surface area (Å²) in [6, 6.07) is 0.109. The van der Waals surface area contributed by atoms with E-state index in [4.69, 9.17) is 5.11 Å². The summed E-state index contributed by atoms with van der Waals surface area (Å²) in [6.45, 7) is 4.61. The summed E-state index contributed by atoms with van der Waals surface area (Å²) in [5.74, 6) is -0.382. The Morgan fingerprint density at radius 1 is 1.47 bits per heavy atom. The average Bonchev–Trinajstić information content (AvgIpc) is 2.32. The molecular weight excluding hydrogens is 246 g/mol. The summed E-state index contributed by atoms with van der Waals surface area (Å²) in [6.07, 6.45) is 1.55. The van der Waals surface area contributed by atoms with Crippen LogP contribution in [-0.2, 0) is 4.79 Å². The molecule has 0 bridgehead atoms. The highest BCUT2D eigenvalue weighted by molar-refractivity contribution is 5.74. The summed E-state index contributed by atoms with van der Waals surface area (Å²) in [4.78, 5) is 26.2. The molecule has 6 heteroatoms. The summed E-state index contributed by atoms with van der Waals surface area (Å²) in [5.41, 5.74) is 0. The van der Waals surface area contributed by atoms with Crippen LogP contribution in [0.2, 0.25) is 0 Å². The monoisotopic (exact) mass is 271 g/mol. The molecule has 0 aromatic carbocycles. The summed E-state index contributed by atoms with van der Waals surface area (Å²) >= 11 is 0. The molecule has 0 aromatic heterocycles. The number of amides is 2. The van der Waals surface area contributed by atoms with E-state index in [1.807, 2.05) is 0 Å². The molecule has 110 valence electrons. The Morgan fingerprint density at radius 3 is 2.74 bits per heavy atom. The second-order valence-corrected chi connectivity index (χ2v) is 5.50. The maximum atomic E-state index is 12.0. The number of hydrogen-bond acceptors (Lipinski definition) is 3. The molecule has 2 N–H and O–H groups in total. The predicted molar refractivity (Wildman–Crippen MR) is 73.1 cm³/mol. The van der Waals surface area contributed by atoms with E-state index in [-0.39, 0.29) is 18.5 Å². The van der Waals surface area contributed by atoms with Crippen molar-refractivity contribution in [2.45, 2.75) is 32.2 Å². The van der Waals surface area contributed by atoms with Crippen LogP contribution >= 0.6 is 0 Å². The molecule has 2 unspecified atom stereocenters. The van der Waals surface area contributed by atoms with Crippen LogP contribution in [-0.4, -0.2) is 66.7 Å². The quantitative estimate of drug-likeness (QED) is 0.777. The van der Waals surface area contributed by atoms with E-state index in [2.05, 4.69) is 24.2 Å². The van der Waals surface area contributed by atoms with Gasteiger partial charge in [0, 0.05) is 32.6 Å². The number of aliphatic carboxylic acids is 1. The van der Waals surface area contributed by atoms with Gasteiger partial charge in [-0.2, -0.15) is 0 Å². The predicted octanol–water partition coefficient (Wildman–Crippen LogP) is 0.833. The van der Waals surface area contributed by atoms with E-state index < -0.39 is 5.97 Å². The van der Waals surface area contributed by atoms with Gasteiger partial charge in [0.05, 0.1) is 0 Å². The van der Waals surface area contributed by atoms with Crippen LogP contribution in [0.15, 0.2) is 0 Å². The van der Waals surface area contributed by atoms with Crippen LogP contribution in [0.1, 0.15) is 26.2 Å². The lowest BCUT2D eigenvalue weighted by atomic mass is 9.94. The molecule has 2 amide bonds. The Labute approximate surface area is 114 Å². The van der Waals surface area contributed by atoms with E-state index in [0.29, 0.717) is 18.9 Å². The van der Waals surface area contributed by atoms with Gasteiger partial charge in [-0.3, -0.25) is 4.79 Å². The zero-order valence-corrected chi connectivity index (χ0v) is 12.1. The first-order valence-electron chi connectivity index (χ1n) is 6.82. The Balaban J connectivity index is 2.31. The smallest absolute Gasteiger partial charge is 0.317 e. The highest BCUT2D eigenvalue weighted by Crippen LogP contribution is 2.15. The lowest BCUT2D eigenvalue weighted by Crippen LogP contribution is -2.51. The van der Waals surface area contributed by atoms with Crippen molar-refractivity contribution in [3.63, 3.8) is 0 Å². The fraction of sp³-hybridized carbons (Fsp3) is 0.846. The topological polar surface area (TPSA) is 72.9 Å². The van der Waals surface area contributed by atoms with Crippen LogP contribution in [0, 0.1) is 5.92 Å². The number of urea groups is 1. The van der Waals surface area contributed by atoms with E-state index in [1.165, 1.54) is 0 Å². The largest absolute Gasteiger partial charge is 0.481 e. The molecule has 1 aliphatic rings. The summed E-state index contributed by atoms with van der Waals surface area (Å²) in [7, 11) is 3.80.